The van der Waals surface area contributed by atoms with Crippen LogP contribution in [0.3, 0.4) is 0 Å². The molecule has 1 aliphatic rings. The molecule has 1 N–H and O–H groups in total. The molecule has 0 atom stereocenters. The van der Waals surface area contributed by atoms with E-state index in [1.54, 1.807) is 0 Å². The smallest absolute Gasteiger partial charge is 0.329 e. The second kappa shape index (κ2) is 10.1. The summed E-state index contributed by atoms with van der Waals surface area (Å²) in [6.07, 6.45) is 6.48. The minimum Gasteiger partial charge on any atom is -0.480 e. The number of rotatable bonds is 8. The van der Waals surface area contributed by atoms with Gasteiger partial charge in [-0.2, -0.15) is 5.10 Å². The van der Waals surface area contributed by atoms with E-state index in [0.717, 1.165) is 54.6 Å². The van der Waals surface area contributed by atoms with Crippen LogP contribution in [-0.4, -0.2) is 34.1 Å². The molecule has 1 saturated carbocycles. The third kappa shape index (κ3) is 5.75. The molecule has 0 aliphatic heterocycles. The lowest BCUT2D eigenvalue weighted by molar-refractivity contribution is -0.142. The summed E-state index contributed by atoms with van der Waals surface area (Å²) in [4.78, 5) is 10.6. The van der Waals surface area contributed by atoms with E-state index in [-0.39, 0.29) is 6.61 Å². The third-order valence-electron chi connectivity index (χ3n) is 5.94. The van der Waals surface area contributed by atoms with Crippen molar-refractivity contribution in [3.8, 4) is 22.4 Å². The molecule has 0 bridgehead atoms. The van der Waals surface area contributed by atoms with Gasteiger partial charge in [0, 0.05) is 28.9 Å². The number of ether oxygens (including phenoxy) is 1. The van der Waals surface area contributed by atoms with Gasteiger partial charge in [-0.25, -0.2) is 4.79 Å². The Kier molecular flexibility index (Phi) is 7.05. The van der Waals surface area contributed by atoms with E-state index in [1.807, 2.05) is 36.4 Å². The van der Waals surface area contributed by atoms with Crippen molar-refractivity contribution in [2.45, 2.75) is 32.2 Å². The second-order valence-electron chi connectivity index (χ2n) is 8.29. The summed E-state index contributed by atoms with van der Waals surface area (Å²) >= 11 is 6.25. The largest absolute Gasteiger partial charge is 0.480 e. The quantitative estimate of drug-likeness (QED) is 0.484. The number of hydrogen-bond donors (Lipinski definition) is 1. The van der Waals surface area contributed by atoms with Gasteiger partial charge >= 0.3 is 5.97 Å². The van der Waals surface area contributed by atoms with Crippen LogP contribution in [0.15, 0.2) is 60.8 Å². The summed E-state index contributed by atoms with van der Waals surface area (Å²) < 4.78 is 7.36. The fourth-order valence-corrected chi connectivity index (χ4v) is 4.54. The summed E-state index contributed by atoms with van der Waals surface area (Å²) in [6, 6.07) is 18.2. The van der Waals surface area contributed by atoms with E-state index >= 15 is 0 Å². The molecule has 31 heavy (non-hydrogen) atoms. The van der Waals surface area contributed by atoms with Gasteiger partial charge in [0.25, 0.3) is 0 Å². The van der Waals surface area contributed by atoms with E-state index in [2.05, 4.69) is 29.1 Å². The first-order chi connectivity index (χ1) is 15.1. The minimum absolute atomic E-state index is 0.207. The predicted octanol–water partition coefficient (Wildman–Crippen LogP) is 5.78. The Morgan fingerprint density at radius 3 is 2.45 bits per heavy atom. The molecule has 0 radical (unpaired) electrons. The van der Waals surface area contributed by atoms with Gasteiger partial charge in [0.2, 0.25) is 0 Å². The van der Waals surface area contributed by atoms with Crippen molar-refractivity contribution in [3.63, 3.8) is 0 Å². The van der Waals surface area contributed by atoms with Gasteiger partial charge in [-0.15, -0.1) is 0 Å². The Labute approximate surface area is 187 Å². The van der Waals surface area contributed by atoms with Gasteiger partial charge in [0.05, 0.1) is 6.61 Å². The van der Waals surface area contributed by atoms with E-state index in [1.165, 1.54) is 0 Å². The average molecular weight is 439 g/mol. The van der Waals surface area contributed by atoms with Crippen molar-refractivity contribution in [1.29, 1.82) is 0 Å². The molecular weight excluding hydrogens is 412 g/mol. The van der Waals surface area contributed by atoms with Gasteiger partial charge in [-0.3, -0.25) is 4.68 Å². The van der Waals surface area contributed by atoms with E-state index in [0.29, 0.717) is 23.5 Å². The number of halogens is 1. The van der Waals surface area contributed by atoms with Crippen LogP contribution in [0.25, 0.3) is 22.4 Å². The summed E-state index contributed by atoms with van der Waals surface area (Å²) in [7, 11) is 0. The first-order valence-electron chi connectivity index (χ1n) is 10.8. The van der Waals surface area contributed by atoms with Crippen molar-refractivity contribution in [2.75, 3.05) is 13.2 Å². The van der Waals surface area contributed by atoms with Crippen LogP contribution >= 0.6 is 11.6 Å². The zero-order chi connectivity index (χ0) is 21.6. The average Bonchev–Trinajstić information content (AvgIpc) is 3.19. The van der Waals surface area contributed by atoms with Crippen molar-refractivity contribution in [3.05, 3.63) is 65.8 Å². The Morgan fingerprint density at radius 2 is 1.74 bits per heavy atom. The number of hydrogen-bond acceptors (Lipinski definition) is 3. The molecule has 0 unspecified atom stereocenters. The number of carbonyl (C=O) groups is 1. The molecule has 2 aromatic carbocycles. The monoisotopic (exact) mass is 438 g/mol. The highest BCUT2D eigenvalue weighted by atomic mass is 35.5. The number of carboxylic acid groups (broad SMARTS) is 1. The SMILES string of the molecule is O=C(O)COCC1CCC(Cn2cc(-c3cccc(Cl)c3)c(-c3ccccc3)n2)CC1. The zero-order valence-corrected chi connectivity index (χ0v) is 18.2. The lowest BCUT2D eigenvalue weighted by Gasteiger charge is -2.28. The standard InChI is InChI=1S/C25H27ClN2O3/c26-22-8-4-7-21(13-22)23-15-28(27-25(23)20-5-2-1-3-6-20)14-18-9-11-19(12-10-18)16-31-17-24(29)30/h1-8,13,15,18-19H,9-12,14,16-17H2,(H,29,30). The van der Waals surface area contributed by atoms with Crippen LogP contribution in [0.4, 0.5) is 0 Å². The predicted molar refractivity (Wildman–Crippen MR) is 122 cm³/mol. The highest BCUT2D eigenvalue weighted by Gasteiger charge is 2.23. The van der Waals surface area contributed by atoms with Gasteiger partial charge in [0.15, 0.2) is 0 Å². The topological polar surface area (TPSA) is 64.3 Å². The van der Waals surface area contributed by atoms with Gasteiger partial charge in [-0.1, -0.05) is 54.1 Å². The molecule has 0 spiro atoms. The summed E-state index contributed by atoms with van der Waals surface area (Å²) in [5.41, 5.74) is 4.22. The molecule has 3 aromatic rings. The number of benzene rings is 2. The zero-order valence-electron chi connectivity index (χ0n) is 17.4. The third-order valence-corrected chi connectivity index (χ3v) is 6.17. The first-order valence-corrected chi connectivity index (χ1v) is 11.1. The number of carboxylic acids is 1. The molecular formula is C25H27ClN2O3. The Bertz CT molecular complexity index is 1010. The van der Waals surface area contributed by atoms with E-state index < -0.39 is 5.97 Å². The van der Waals surface area contributed by atoms with E-state index in [9.17, 15) is 4.79 Å². The van der Waals surface area contributed by atoms with Crippen molar-refractivity contribution >= 4 is 17.6 Å². The van der Waals surface area contributed by atoms with Gasteiger partial charge in [0.1, 0.15) is 12.3 Å². The molecule has 0 saturated heterocycles. The number of aliphatic carboxylic acids is 1. The van der Waals surface area contributed by atoms with Crippen molar-refractivity contribution < 1.29 is 14.6 Å². The molecule has 6 heteroatoms. The van der Waals surface area contributed by atoms with Gasteiger partial charge < -0.3 is 9.84 Å². The lowest BCUT2D eigenvalue weighted by Crippen LogP contribution is -2.23. The molecule has 1 fully saturated rings. The summed E-state index contributed by atoms with van der Waals surface area (Å²) in [5.74, 6) is 0.110. The maximum Gasteiger partial charge on any atom is 0.329 e. The highest BCUT2D eigenvalue weighted by Crippen LogP contribution is 2.34. The maximum absolute atomic E-state index is 10.6. The molecule has 4 rings (SSSR count). The second-order valence-corrected chi connectivity index (χ2v) is 8.72. The minimum atomic E-state index is -0.905. The van der Waals surface area contributed by atoms with Crippen molar-refractivity contribution in [1.82, 2.24) is 9.78 Å². The first kappa shape index (κ1) is 21.6. The molecule has 162 valence electrons. The van der Waals surface area contributed by atoms with E-state index in [4.69, 9.17) is 26.5 Å². The summed E-state index contributed by atoms with van der Waals surface area (Å²) in [6.45, 7) is 1.21. The highest BCUT2D eigenvalue weighted by molar-refractivity contribution is 6.30. The molecule has 5 nitrogen and oxygen atoms in total. The Hall–Kier alpha value is -2.63. The van der Waals surface area contributed by atoms with Crippen LogP contribution in [0.2, 0.25) is 5.02 Å². The molecule has 1 aromatic heterocycles. The Balaban J connectivity index is 1.47. The fraction of sp³-hybridized carbons (Fsp3) is 0.360. The Morgan fingerprint density at radius 1 is 1.03 bits per heavy atom. The summed E-state index contributed by atoms with van der Waals surface area (Å²) in [5, 5.41) is 14.4. The van der Waals surface area contributed by atoms with Crippen LogP contribution in [0, 0.1) is 11.8 Å². The fourth-order valence-electron chi connectivity index (χ4n) is 4.35. The maximum atomic E-state index is 10.6. The molecule has 1 heterocycles. The van der Waals surface area contributed by atoms with Gasteiger partial charge in [-0.05, 0) is 55.2 Å². The van der Waals surface area contributed by atoms with Crippen LogP contribution in [0.1, 0.15) is 25.7 Å². The van der Waals surface area contributed by atoms with Crippen LogP contribution < -0.4 is 0 Å². The van der Waals surface area contributed by atoms with Crippen molar-refractivity contribution in [2.24, 2.45) is 11.8 Å². The number of aromatic nitrogens is 2. The normalized spacial score (nSPS) is 18.7. The van der Waals surface area contributed by atoms with Crippen LogP contribution in [0.5, 0.6) is 0 Å². The molecule has 1 aliphatic carbocycles. The van der Waals surface area contributed by atoms with Crippen LogP contribution in [-0.2, 0) is 16.1 Å². The lowest BCUT2D eigenvalue weighted by atomic mass is 9.82. The number of nitrogens with zero attached hydrogens (tertiary/aromatic N) is 2. The molecule has 0 amide bonds.